The average Bonchev–Trinajstić information content (AvgIpc) is 3.56. The van der Waals surface area contributed by atoms with Crippen molar-refractivity contribution in [2.24, 2.45) is 4.99 Å². The fourth-order valence-electron chi connectivity index (χ4n) is 5.92. The number of benzene rings is 2. The van der Waals surface area contributed by atoms with Gasteiger partial charge in [0.05, 0.1) is 19.2 Å². The zero-order chi connectivity index (χ0) is 33.4. The predicted molar refractivity (Wildman–Crippen MR) is 182 cm³/mol. The van der Waals surface area contributed by atoms with Crippen LogP contribution in [0.2, 0.25) is 5.02 Å². The van der Waals surface area contributed by atoms with Crippen molar-refractivity contribution in [2.45, 2.75) is 40.2 Å². The van der Waals surface area contributed by atoms with Crippen molar-refractivity contribution in [2.75, 3.05) is 33.3 Å². The maximum atomic E-state index is 13.8. The number of halogens is 1. The van der Waals surface area contributed by atoms with Crippen LogP contribution < -0.4 is 4.74 Å². The van der Waals surface area contributed by atoms with Gasteiger partial charge in [-0.1, -0.05) is 23.7 Å². The number of aromatic nitrogens is 3. The quantitative estimate of drug-likeness (QED) is 0.184. The van der Waals surface area contributed by atoms with Gasteiger partial charge < -0.3 is 14.5 Å². The summed E-state index contributed by atoms with van der Waals surface area (Å²) >= 11 is 7.89. The van der Waals surface area contributed by atoms with Crippen molar-refractivity contribution in [3.8, 4) is 10.8 Å². The molecule has 1 fully saturated rings. The number of fused-ring (bicyclic) bond motifs is 3. The summed E-state index contributed by atoms with van der Waals surface area (Å²) in [7, 11) is 1.56. The Kier molecular flexibility index (Phi) is 9.11. The third-order valence-corrected chi connectivity index (χ3v) is 10.2. The molecule has 4 heterocycles. The fraction of sp³-hybridized carbons (Fsp3) is 0.314. The number of Topliss-reactive ketones (excluding diaryl/α,β-unsaturated/α-hetero) is 1. The van der Waals surface area contributed by atoms with Crippen LogP contribution in [-0.2, 0) is 9.59 Å². The van der Waals surface area contributed by atoms with E-state index in [-0.39, 0.29) is 24.0 Å². The normalized spacial score (nSPS) is 16.3. The third-order valence-electron chi connectivity index (χ3n) is 8.72. The minimum atomic E-state index is -0.567. The maximum absolute atomic E-state index is 13.8. The van der Waals surface area contributed by atoms with Gasteiger partial charge in [-0.25, -0.2) is 0 Å². The van der Waals surface area contributed by atoms with E-state index in [1.165, 1.54) is 11.0 Å². The highest BCUT2D eigenvalue weighted by atomic mass is 35.5. The SMILES string of the molecule is COc1ccc(C(=O)/C(C)=C/C(=O)N2CCN(C(=O)C[C@@H]3N=C(c4ccc(Cl)cc4)c4c(sc(C)c4C)-n4c(C)nnc43)CC2)cc1. The van der Waals surface area contributed by atoms with E-state index < -0.39 is 6.04 Å². The van der Waals surface area contributed by atoms with Crippen molar-refractivity contribution >= 4 is 46.2 Å². The fourth-order valence-corrected chi connectivity index (χ4v) is 7.26. The number of hydrogen-bond donors (Lipinski definition) is 0. The second kappa shape index (κ2) is 13.2. The van der Waals surface area contributed by atoms with Gasteiger partial charge in [0.1, 0.15) is 22.6 Å². The summed E-state index contributed by atoms with van der Waals surface area (Å²) in [6, 6.07) is 13.8. The maximum Gasteiger partial charge on any atom is 0.247 e. The van der Waals surface area contributed by atoms with Crippen LogP contribution in [0.15, 0.2) is 65.2 Å². The van der Waals surface area contributed by atoms with E-state index in [0.717, 1.165) is 33.2 Å². The molecule has 1 saturated heterocycles. The number of thiophene rings is 1. The second-order valence-corrected chi connectivity index (χ2v) is 13.3. The van der Waals surface area contributed by atoms with Gasteiger partial charge in [0.15, 0.2) is 11.6 Å². The lowest BCUT2D eigenvalue weighted by atomic mass is 9.99. The molecule has 0 radical (unpaired) electrons. The van der Waals surface area contributed by atoms with Gasteiger partial charge in [0.25, 0.3) is 0 Å². The zero-order valence-corrected chi connectivity index (χ0v) is 28.5. The summed E-state index contributed by atoms with van der Waals surface area (Å²) in [6.45, 7) is 9.21. The van der Waals surface area contributed by atoms with Gasteiger partial charge in [-0.15, -0.1) is 21.5 Å². The number of carbonyl (C=O) groups is 3. The number of amides is 2. The molecule has 0 saturated carbocycles. The molecule has 4 aromatic rings. The van der Waals surface area contributed by atoms with Gasteiger partial charge >= 0.3 is 0 Å². The van der Waals surface area contributed by atoms with Gasteiger partial charge in [-0.2, -0.15) is 0 Å². The Hall–Kier alpha value is -4.61. The number of allylic oxidation sites excluding steroid dienone is 1. The molecule has 10 nitrogen and oxygen atoms in total. The Morgan fingerprint density at radius 1 is 0.957 bits per heavy atom. The minimum Gasteiger partial charge on any atom is -0.497 e. The highest BCUT2D eigenvalue weighted by Crippen LogP contribution is 2.39. The lowest BCUT2D eigenvalue weighted by molar-refractivity contribution is -0.137. The van der Waals surface area contributed by atoms with Crippen LogP contribution in [0.4, 0.5) is 0 Å². The van der Waals surface area contributed by atoms with Crippen LogP contribution in [0, 0.1) is 20.8 Å². The van der Waals surface area contributed by atoms with E-state index in [1.807, 2.05) is 35.8 Å². The first-order valence-corrected chi connectivity index (χ1v) is 16.5. The molecule has 2 aromatic heterocycles. The molecular weight excluding hydrogens is 636 g/mol. The highest BCUT2D eigenvalue weighted by Gasteiger charge is 2.34. The molecule has 0 N–H and O–H groups in total. The molecule has 242 valence electrons. The summed E-state index contributed by atoms with van der Waals surface area (Å²) < 4.78 is 7.19. The van der Waals surface area contributed by atoms with Crippen molar-refractivity contribution < 1.29 is 19.1 Å². The van der Waals surface area contributed by atoms with Crippen LogP contribution in [0.3, 0.4) is 0 Å². The van der Waals surface area contributed by atoms with Gasteiger partial charge in [0.2, 0.25) is 11.8 Å². The van der Waals surface area contributed by atoms with Crippen LogP contribution in [0.5, 0.6) is 5.75 Å². The number of methoxy groups -OCH3 is 1. The van der Waals surface area contributed by atoms with Crippen molar-refractivity contribution in [3.05, 3.63) is 104 Å². The molecule has 0 bridgehead atoms. The molecule has 2 aliphatic rings. The van der Waals surface area contributed by atoms with Crippen LogP contribution >= 0.6 is 22.9 Å². The van der Waals surface area contributed by atoms with E-state index in [4.69, 9.17) is 21.3 Å². The van der Waals surface area contributed by atoms with Crippen LogP contribution in [0.25, 0.3) is 5.00 Å². The molecule has 6 rings (SSSR count). The molecule has 47 heavy (non-hydrogen) atoms. The lowest BCUT2D eigenvalue weighted by Gasteiger charge is -2.34. The minimum absolute atomic E-state index is 0.0759. The van der Waals surface area contributed by atoms with E-state index >= 15 is 0 Å². The standard InChI is InChI=1S/C35H35ClN6O4S/c1-20(33(45)25-8-12-27(46-5)13-9-25)18-29(43)40-14-16-41(17-15-40)30(44)19-28-34-39-38-23(4)42(34)35-31(21(2)22(3)47-35)32(37-28)24-6-10-26(36)11-7-24/h6-13,18,28H,14-17,19H2,1-5H3/b20-18+/t28-/m0/s1. The lowest BCUT2D eigenvalue weighted by Crippen LogP contribution is -2.50. The molecule has 0 aliphatic carbocycles. The smallest absolute Gasteiger partial charge is 0.247 e. The second-order valence-electron chi connectivity index (χ2n) is 11.7. The number of aryl methyl sites for hydroxylation is 2. The van der Waals surface area contributed by atoms with Crippen molar-refractivity contribution in [1.82, 2.24) is 24.6 Å². The molecule has 2 aliphatic heterocycles. The van der Waals surface area contributed by atoms with E-state index in [1.54, 1.807) is 59.4 Å². The zero-order valence-electron chi connectivity index (χ0n) is 26.9. The Balaban J connectivity index is 1.18. The largest absolute Gasteiger partial charge is 0.497 e. The van der Waals surface area contributed by atoms with E-state index in [2.05, 4.69) is 24.0 Å². The van der Waals surface area contributed by atoms with Crippen molar-refractivity contribution in [1.29, 1.82) is 0 Å². The predicted octanol–water partition coefficient (Wildman–Crippen LogP) is 5.70. The summed E-state index contributed by atoms with van der Waals surface area (Å²) in [5, 5.41) is 10.5. The first-order chi connectivity index (χ1) is 22.5. The van der Waals surface area contributed by atoms with Gasteiger partial charge in [-0.05, 0) is 69.7 Å². The molecule has 1 atom stereocenters. The highest BCUT2D eigenvalue weighted by molar-refractivity contribution is 7.15. The first kappa shape index (κ1) is 32.3. The van der Waals surface area contributed by atoms with E-state index in [9.17, 15) is 14.4 Å². The summed E-state index contributed by atoms with van der Waals surface area (Å²) in [4.78, 5) is 49.5. The summed E-state index contributed by atoms with van der Waals surface area (Å²) in [5.74, 6) is 1.45. The Morgan fingerprint density at radius 2 is 1.62 bits per heavy atom. The van der Waals surface area contributed by atoms with E-state index in [0.29, 0.717) is 53.9 Å². The summed E-state index contributed by atoms with van der Waals surface area (Å²) in [6.07, 6.45) is 1.48. The Morgan fingerprint density at radius 3 is 2.28 bits per heavy atom. The Labute approximate surface area is 282 Å². The molecule has 0 spiro atoms. The molecule has 2 aromatic carbocycles. The van der Waals surface area contributed by atoms with Crippen LogP contribution in [0.1, 0.15) is 63.0 Å². The number of carbonyl (C=O) groups excluding carboxylic acids is 3. The van der Waals surface area contributed by atoms with Gasteiger partial charge in [-0.3, -0.25) is 23.9 Å². The average molecular weight is 671 g/mol. The number of nitrogens with zero attached hydrogens (tertiary/aromatic N) is 6. The monoisotopic (exact) mass is 670 g/mol. The number of rotatable bonds is 7. The van der Waals surface area contributed by atoms with Crippen molar-refractivity contribution in [3.63, 3.8) is 0 Å². The molecule has 12 heteroatoms. The number of hydrogen-bond acceptors (Lipinski definition) is 8. The number of ketones is 1. The number of piperazine rings is 1. The number of ether oxygens (including phenoxy) is 1. The van der Waals surface area contributed by atoms with Crippen LogP contribution in [-0.4, -0.2) is 81.2 Å². The Bertz CT molecular complexity index is 1920. The topological polar surface area (TPSA) is 110 Å². The first-order valence-electron chi connectivity index (χ1n) is 15.4. The van der Waals surface area contributed by atoms with Gasteiger partial charge in [0, 0.05) is 64.4 Å². The molecular formula is C35H35ClN6O4S. The number of aliphatic imine (C=N–C) groups is 1. The molecule has 0 unspecified atom stereocenters. The molecule has 2 amide bonds. The summed E-state index contributed by atoms with van der Waals surface area (Å²) in [5.41, 5.74) is 4.67. The third kappa shape index (κ3) is 6.37.